The molecule has 1 fully saturated rings. The first kappa shape index (κ1) is 20.4. The minimum absolute atomic E-state index is 0. The molecule has 1 saturated heterocycles. The largest absolute Gasteiger partial charge is 0.378 e. The zero-order chi connectivity index (χ0) is 16.9. The molecule has 0 aromatic rings. The lowest BCUT2D eigenvalue weighted by Gasteiger charge is -2.31. The average Bonchev–Trinajstić information content (AvgIpc) is 2.59. The van der Waals surface area contributed by atoms with Crippen LogP contribution in [0, 0.1) is 5.92 Å². The van der Waals surface area contributed by atoms with Crippen molar-refractivity contribution in [1.82, 2.24) is 15.5 Å². The number of nitrogens with zero attached hydrogens (tertiary/aromatic N) is 1. The van der Waals surface area contributed by atoms with Crippen LogP contribution in [-0.2, 0) is 14.3 Å². The molecular weight excluding hydrogens is 294 g/mol. The van der Waals surface area contributed by atoms with Crippen LogP contribution in [0.15, 0.2) is 0 Å². The van der Waals surface area contributed by atoms with E-state index < -0.39 is 0 Å². The van der Waals surface area contributed by atoms with Crippen LogP contribution in [0.3, 0.4) is 0 Å². The van der Waals surface area contributed by atoms with E-state index in [1.54, 1.807) is 0 Å². The summed E-state index contributed by atoms with van der Waals surface area (Å²) in [7, 11) is 2.04. The highest BCUT2D eigenvalue weighted by atomic mass is 16.5. The topological polar surface area (TPSA) is 62.8 Å². The SMILES string of the molecule is CCC(C)C(=O)NCCOCCOCCN1CCC(NC)CC1.[HH].[HH]. The van der Waals surface area contributed by atoms with Gasteiger partial charge in [-0.05, 0) is 39.4 Å². The monoisotopic (exact) mass is 333 g/mol. The van der Waals surface area contributed by atoms with Crippen LogP contribution in [0.25, 0.3) is 0 Å². The summed E-state index contributed by atoms with van der Waals surface area (Å²) in [6.07, 6.45) is 3.32. The molecule has 2 N–H and O–H groups in total. The van der Waals surface area contributed by atoms with Gasteiger partial charge in [0.15, 0.2) is 0 Å². The predicted molar refractivity (Wildman–Crippen MR) is 96.9 cm³/mol. The summed E-state index contributed by atoms with van der Waals surface area (Å²) in [5.74, 6) is 0.186. The quantitative estimate of drug-likeness (QED) is 0.528. The summed E-state index contributed by atoms with van der Waals surface area (Å²) in [6.45, 7) is 10.3. The molecule has 23 heavy (non-hydrogen) atoms. The molecule has 140 valence electrons. The highest BCUT2D eigenvalue weighted by molar-refractivity contribution is 5.78. The van der Waals surface area contributed by atoms with Gasteiger partial charge in [-0.3, -0.25) is 4.79 Å². The van der Waals surface area contributed by atoms with Gasteiger partial charge in [0, 0.05) is 27.9 Å². The van der Waals surface area contributed by atoms with Gasteiger partial charge in [0.1, 0.15) is 0 Å². The van der Waals surface area contributed by atoms with Crippen LogP contribution >= 0.6 is 0 Å². The number of rotatable bonds is 12. The lowest BCUT2D eigenvalue weighted by molar-refractivity contribution is -0.124. The molecule has 1 aliphatic heterocycles. The van der Waals surface area contributed by atoms with Gasteiger partial charge < -0.3 is 25.0 Å². The van der Waals surface area contributed by atoms with Crippen molar-refractivity contribution in [2.45, 2.75) is 39.2 Å². The lowest BCUT2D eigenvalue weighted by Crippen LogP contribution is -2.42. The Hall–Kier alpha value is -0.690. The first-order valence-corrected chi connectivity index (χ1v) is 9.00. The highest BCUT2D eigenvalue weighted by Gasteiger charge is 2.16. The Balaban J connectivity index is 0. The summed E-state index contributed by atoms with van der Waals surface area (Å²) in [5.41, 5.74) is 0. The fourth-order valence-electron chi connectivity index (χ4n) is 2.57. The van der Waals surface area contributed by atoms with Gasteiger partial charge in [-0.1, -0.05) is 13.8 Å². The maximum atomic E-state index is 11.5. The number of nitrogens with one attached hydrogen (secondary N) is 2. The van der Waals surface area contributed by atoms with Crippen molar-refractivity contribution in [2.75, 3.05) is 59.7 Å². The molecule has 1 heterocycles. The third kappa shape index (κ3) is 9.25. The van der Waals surface area contributed by atoms with Gasteiger partial charge in [0.05, 0.1) is 26.4 Å². The molecule has 1 rings (SSSR count). The summed E-state index contributed by atoms with van der Waals surface area (Å²) < 4.78 is 11.1. The number of ether oxygens (including phenoxy) is 2. The molecule has 0 radical (unpaired) electrons. The third-order valence-electron chi connectivity index (χ3n) is 4.53. The van der Waals surface area contributed by atoms with Crippen molar-refractivity contribution in [1.29, 1.82) is 0 Å². The van der Waals surface area contributed by atoms with Gasteiger partial charge in [-0.15, -0.1) is 0 Å². The molecule has 1 aliphatic rings. The molecule has 0 saturated carbocycles. The van der Waals surface area contributed by atoms with Gasteiger partial charge in [-0.2, -0.15) is 0 Å². The van der Waals surface area contributed by atoms with Gasteiger partial charge in [0.25, 0.3) is 0 Å². The molecule has 1 unspecified atom stereocenters. The number of carbonyl (C=O) groups is 1. The minimum atomic E-state index is 0. The summed E-state index contributed by atoms with van der Waals surface area (Å²) in [5, 5.41) is 6.21. The number of carbonyl (C=O) groups excluding carboxylic acids is 1. The fourth-order valence-corrected chi connectivity index (χ4v) is 2.57. The minimum Gasteiger partial charge on any atom is -0.378 e. The fraction of sp³-hybridized carbons (Fsp3) is 0.941. The van der Waals surface area contributed by atoms with Crippen molar-refractivity contribution in [3.8, 4) is 0 Å². The smallest absolute Gasteiger partial charge is 0.222 e. The highest BCUT2D eigenvalue weighted by Crippen LogP contribution is 2.09. The zero-order valence-corrected chi connectivity index (χ0v) is 15.1. The van der Waals surface area contributed by atoms with Crippen LogP contribution in [0.4, 0.5) is 0 Å². The van der Waals surface area contributed by atoms with E-state index >= 15 is 0 Å². The number of hydrogen-bond acceptors (Lipinski definition) is 5. The van der Waals surface area contributed by atoms with E-state index in [2.05, 4.69) is 15.5 Å². The van der Waals surface area contributed by atoms with Crippen LogP contribution in [-0.4, -0.2) is 76.5 Å². The maximum Gasteiger partial charge on any atom is 0.222 e. The zero-order valence-electron chi connectivity index (χ0n) is 15.1. The van der Waals surface area contributed by atoms with E-state index in [0.29, 0.717) is 32.4 Å². The molecule has 0 aromatic carbocycles. The average molecular weight is 334 g/mol. The Morgan fingerprint density at radius 3 is 2.48 bits per heavy atom. The van der Waals surface area contributed by atoms with E-state index in [-0.39, 0.29) is 14.7 Å². The van der Waals surface area contributed by atoms with Crippen molar-refractivity contribution in [3.05, 3.63) is 0 Å². The Morgan fingerprint density at radius 1 is 1.22 bits per heavy atom. The molecule has 0 aromatic heterocycles. The summed E-state index contributed by atoms with van der Waals surface area (Å²) in [6, 6.07) is 0.682. The maximum absolute atomic E-state index is 11.5. The molecule has 0 aliphatic carbocycles. The second-order valence-corrected chi connectivity index (χ2v) is 6.23. The molecule has 0 spiro atoms. The second kappa shape index (κ2) is 12.7. The van der Waals surface area contributed by atoms with E-state index in [4.69, 9.17) is 9.47 Å². The van der Waals surface area contributed by atoms with Crippen LogP contribution in [0.2, 0.25) is 0 Å². The summed E-state index contributed by atoms with van der Waals surface area (Å²) in [4.78, 5) is 14.0. The normalized spacial score (nSPS) is 18.0. The first-order chi connectivity index (χ1) is 11.2. The standard InChI is InChI=1S/C17H35N3O3.2H2/c1-4-15(2)17(21)19-7-11-22-13-14-23-12-10-20-8-5-16(18-3)6-9-20;;/h15-16,18H,4-14H2,1-3H3,(H,19,21);2*1H. The lowest BCUT2D eigenvalue weighted by atomic mass is 10.1. The van der Waals surface area contributed by atoms with Crippen LogP contribution in [0.1, 0.15) is 36.0 Å². The van der Waals surface area contributed by atoms with E-state index in [1.807, 2.05) is 20.9 Å². The van der Waals surface area contributed by atoms with Crippen molar-refractivity contribution < 1.29 is 17.1 Å². The molecular formula is C17H39N3O3. The second-order valence-electron chi connectivity index (χ2n) is 6.23. The number of hydrogen-bond donors (Lipinski definition) is 2. The molecule has 6 nitrogen and oxygen atoms in total. The number of likely N-dealkylation sites (tertiary alicyclic amines) is 1. The van der Waals surface area contributed by atoms with E-state index in [1.165, 1.54) is 12.8 Å². The van der Waals surface area contributed by atoms with Crippen LogP contribution < -0.4 is 10.6 Å². The first-order valence-electron chi connectivity index (χ1n) is 9.00. The molecule has 1 atom stereocenters. The van der Waals surface area contributed by atoms with Gasteiger partial charge in [0.2, 0.25) is 5.91 Å². The van der Waals surface area contributed by atoms with E-state index in [9.17, 15) is 4.79 Å². The van der Waals surface area contributed by atoms with Gasteiger partial charge in [-0.25, -0.2) is 0 Å². The Kier molecular flexibility index (Phi) is 11.2. The van der Waals surface area contributed by atoms with Crippen molar-refractivity contribution in [3.63, 3.8) is 0 Å². The molecule has 0 bridgehead atoms. The van der Waals surface area contributed by atoms with Gasteiger partial charge >= 0.3 is 0 Å². The van der Waals surface area contributed by atoms with E-state index in [0.717, 1.165) is 32.7 Å². The summed E-state index contributed by atoms with van der Waals surface area (Å²) >= 11 is 0. The van der Waals surface area contributed by atoms with Crippen LogP contribution in [0.5, 0.6) is 0 Å². The predicted octanol–water partition coefficient (Wildman–Crippen LogP) is 1.36. The number of amides is 1. The molecule has 1 amide bonds. The van der Waals surface area contributed by atoms with Crippen molar-refractivity contribution in [2.24, 2.45) is 5.92 Å². The Morgan fingerprint density at radius 2 is 1.87 bits per heavy atom. The molecule has 6 heteroatoms. The number of piperidine rings is 1. The Bertz CT molecular complexity index is 318. The Labute approximate surface area is 144 Å². The van der Waals surface area contributed by atoms with Crippen molar-refractivity contribution >= 4 is 5.91 Å². The third-order valence-corrected chi connectivity index (χ3v) is 4.53.